The van der Waals surface area contributed by atoms with Crippen LogP contribution in [0.3, 0.4) is 0 Å². The van der Waals surface area contributed by atoms with Crippen molar-refractivity contribution < 1.29 is 17.9 Å². The maximum absolute atomic E-state index is 12.2. The third-order valence-electron chi connectivity index (χ3n) is 2.76. The van der Waals surface area contributed by atoms with Crippen molar-refractivity contribution >= 4 is 0 Å². The predicted octanol–water partition coefficient (Wildman–Crippen LogP) is 4.77. The van der Waals surface area contributed by atoms with E-state index in [0.29, 0.717) is 5.56 Å². The summed E-state index contributed by atoms with van der Waals surface area (Å²) in [5, 5.41) is 0. The Morgan fingerprint density at radius 3 is 2.50 bits per heavy atom. The van der Waals surface area contributed by atoms with Crippen molar-refractivity contribution in [2.75, 3.05) is 0 Å². The molecule has 0 amide bonds. The number of alkyl halides is 3. The fourth-order valence-corrected chi connectivity index (χ4v) is 1.98. The van der Waals surface area contributed by atoms with Crippen molar-refractivity contribution in [1.29, 1.82) is 0 Å². The molecule has 2 rings (SSSR count). The van der Waals surface area contributed by atoms with E-state index in [4.69, 9.17) is 0 Å². The second-order valence-electron chi connectivity index (χ2n) is 4.67. The van der Waals surface area contributed by atoms with Gasteiger partial charge in [0.25, 0.3) is 0 Å². The Labute approximate surface area is 115 Å². The molecule has 0 aliphatic heterocycles. The highest BCUT2D eigenvalue weighted by atomic mass is 19.4. The van der Waals surface area contributed by atoms with Crippen LogP contribution in [0.4, 0.5) is 13.2 Å². The Balaban J connectivity index is 2.41. The van der Waals surface area contributed by atoms with E-state index in [9.17, 15) is 13.2 Å². The van der Waals surface area contributed by atoms with Crippen LogP contribution in [0.1, 0.15) is 25.5 Å². The smallest absolute Gasteiger partial charge is 0.406 e. The molecule has 0 fully saturated rings. The van der Waals surface area contributed by atoms with Crippen LogP contribution < -0.4 is 4.74 Å². The molecule has 0 bridgehead atoms. The molecule has 0 saturated heterocycles. The molecule has 2 nitrogen and oxygen atoms in total. The highest BCUT2D eigenvalue weighted by molar-refractivity contribution is 5.67. The molecule has 20 heavy (non-hydrogen) atoms. The number of hydrogen-bond donors (Lipinski definition) is 0. The third kappa shape index (κ3) is 3.50. The zero-order valence-corrected chi connectivity index (χ0v) is 11.1. The number of ether oxygens (including phenoxy) is 1. The molecule has 0 unspecified atom stereocenters. The monoisotopic (exact) mass is 281 g/mol. The fourth-order valence-electron chi connectivity index (χ4n) is 1.98. The first-order valence-electron chi connectivity index (χ1n) is 6.18. The lowest BCUT2D eigenvalue weighted by atomic mass is 9.98. The lowest BCUT2D eigenvalue weighted by Crippen LogP contribution is -2.17. The number of pyridine rings is 1. The molecule has 106 valence electrons. The van der Waals surface area contributed by atoms with Crippen LogP contribution in [0, 0.1) is 0 Å². The number of rotatable bonds is 3. The zero-order chi connectivity index (χ0) is 14.8. The quantitative estimate of drug-likeness (QED) is 0.808. The Morgan fingerprint density at radius 2 is 1.85 bits per heavy atom. The summed E-state index contributed by atoms with van der Waals surface area (Å²) in [5.74, 6) is -0.0491. The number of benzene rings is 1. The number of aromatic nitrogens is 1. The first-order chi connectivity index (χ1) is 9.37. The second-order valence-corrected chi connectivity index (χ2v) is 4.67. The number of hydrogen-bond acceptors (Lipinski definition) is 2. The van der Waals surface area contributed by atoms with Crippen molar-refractivity contribution in [3.05, 3.63) is 48.3 Å². The SMILES string of the molecule is CC(C)c1ncccc1-c1cccc(OC(F)(F)F)c1. The van der Waals surface area contributed by atoms with Gasteiger partial charge in [-0.25, -0.2) is 0 Å². The van der Waals surface area contributed by atoms with Gasteiger partial charge in [-0.3, -0.25) is 4.98 Å². The molecule has 1 aromatic carbocycles. The Bertz CT molecular complexity index is 594. The van der Waals surface area contributed by atoms with Crippen molar-refractivity contribution in [1.82, 2.24) is 4.98 Å². The normalized spacial score (nSPS) is 11.7. The second kappa shape index (κ2) is 5.53. The fraction of sp³-hybridized carbons (Fsp3) is 0.267. The molecule has 0 aliphatic carbocycles. The summed E-state index contributed by atoms with van der Waals surface area (Å²) in [6.45, 7) is 3.98. The van der Waals surface area contributed by atoms with E-state index >= 15 is 0 Å². The Hall–Kier alpha value is -2.04. The highest BCUT2D eigenvalue weighted by Gasteiger charge is 2.31. The van der Waals surface area contributed by atoms with Gasteiger partial charge < -0.3 is 4.74 Å². The van der Waals surface area contributed by atoms with E-state index in [0.717, 1.165) is 11.3 Å². The van der Waals surface area contributed by atoms with Gasteiger partial charge in [-0.15, -0.1) is 13.2 Å². The van der Waals surface area contributed by atoms with E-state index in [1.165, 1.54) is 18.2 Å². The van der Waals surface area contributed by atoms with Crippen molar-refractivity contribution in [3.8, 4) is 16.9 Å². The summed E-state index contributed by atoms with van der Waals surface area (Å²) >= 11 is 0. The summed E-state index contributed by atoms with van der Waals surface area (Å²) in [6, 6.07) is 9.53. The first kappa shape index (κ1) is 14.4. The summed E-state index contributed by atoms with van der Waals surface area (Å²) in [4.78, 5) is 4.30. The van der Waals surface area contributed by atoms with E-state index in [1.54, 1.807) is 18.3 Å². The molecule has 0 radical (unpaired) electrons. The lowest BCUT2D eigenvalue weighted by molar-refractivity contribution is -0.274. The van der Waals surface area contributed by atoms with Gasteiger partial charge in [-0.2, -0.15) is 0 Å². The van der Waals surface area contributed by atoms with Gasteiger partial charge in [-0.05, 0) is 29.7 Å². The third-order valence-corrected chi connectivity index (χ3v) is 2.76. The van der Waals surface area contributed by atoms with Crippen LogP contribution >= 0.6 is 0 Å². The molecule has 0 spiro atoms. The average molecular weight is 281 g/mol. The van der Waals surface area contributed by atoms with Crippen LogP contribution in [0.2, 0.25) is 0 Å². The van der Waals surface area contributed by atoms with Gasteiger partial charge in [0.2, 0.25) is 0 Å². The summed E-state index contributed by atoms with van der Waals surface area (Å²) in [5.41, 5.74) is 2.32. The van der Waals surface area contributed by atoms with Crippen molar-refractivity contribution in [2.45, 2.75) is 26.1 Å². The predicted molar refractivity (Wildman–Crippen MR) is 70.4 cm³/mol. The molecule has 1 heterocycles. The van der Waals surface area contributed by atoms with E-state index in [1.807, 2.05) is 19.9 Å². The maximum Gasteiger partial charge on any atom is 0.573 e. The van der Waals surface area contributed by atoms with Crippen molar-refractivity contribution in [3.63, 3.8) is 0 Å². The van der Waals surface area contributed by atoms with Gasteiger partial charge in [0.15, 0.2) is 0 Å². The molecular formula is C15H14F3NO. The van der Waals surface area contributed by atoms with Crippen LogP contribution in [0.5, 0.6) is 5.75 Å². The molecule has 2 aromatic rings. The molecule has 0 saturated carbocycles. The number of nitrogens with zero attached hydrogens (tertiary/aromatic N) is 1. The van der Waals surface area contributed by atoms with Gasteiger partial charge in [0.1, 0.15) is 5.75 Å². The van der Waals surface area contributed by atoms with E-state index in [-0.39, 0.29) is 11.7 Å². The van der Waals surface area contributed by atoms with Crippen LogP contribution in [0.15, 0.2) is 42.6 Å². The van der Waals surface area contributed by atoms with Gasteiger partial charge >= 0.3 is 6.36 Å². The van der Waals surface area contributed by atoms with Gasteiger partial charge in [-0.1, -0.05) is 32.0 Å². The van der Waals surface area contributed by atoms with Crippen LogP contribution in [0.25, 0.3) is 11.1 Å². The summed E-state index contributed by atoms with van der Waals surface area (Å²) < 4.78 is 40.7. The summed E-state index contributed by atoms with van der Waals surface area (Å²) in [6.07, 6.45) is -3.01. The number of halogens is 3. The Morgan fingerprint density at radius 1 is 1.10 bits per heavy atom. The minimum absolute atomic E-state index is 0.179. The molecule has 0 N–H and O–H groups in total. The van der Waals surface area contributed by atoms with Crippen LogP contribution in [-0.2, 0) is 0 Å². The molecule has 1 aromatic heterocycles. The van der Waals surface area contributed by atoms with Crippen LogP contribution in [-0.4, -0.2) is 11.3 Å². The van der Waals surface area contributed by atoms with E-state index in [2.05, 4.69) is 9.72 Å². The minimum Gasteiger partial charge on any atom is -0.406 e. The topological polar surface area (TPSA) is 22.1 Å². The van der Waals surface area contributed by atoms with Gasteiger partial charge in [0, 0.05) is 11.8 Å². The van der Waals surface area contributed by atoms with E-state index < -0.39 is 6.36 Å². The summed E-state index contributed by atoms with van der Waals surface area (Å²) in [7, 11) is 0. The largest absolute Gasteiger partial charge is 0.573 e. The highest BCUT2D eigenvalue weighted by Crippen LogP contribution is 2.31. The Kier molecular flexibility index (Phi) is 3.97. The van der Waals surface area contributed by atoms with Crippen molar-refractivity contribution in [2.24, 2.45) is 0 Å². The molecular weight excluding hydrogens is 267 g/mol. The standard InChI is InChI=1S/C15H14F3NO/c1-10(2)14-13(7-4-8-19-14)11-5-3-6-12(9-11)20-15(16,17)18/h3-10H,1-2H3. The first-order valence-corrected chi connectivity index (χ1v) is 6.18. The average Bonchev–Trinajstić information content (AvgIpc) is 2.37. The van der Waals surface area contributed by atoms with Gasteiger partial charge in [0.05, 0.1) is 5.69 Å². The molecule has 5 heteroatoms. The molecule has 0 atom stereocenters. The lowest BCUT2D eigenvalue weighted by Gasteiger charge is -2.13. The zero-order valence-electron chi connectivity index (χ0n) is 11.1. The molecule has 0 aliphatic rings. The minimum atomic E-state index is -4.69. The maximum atomic E-state index is 12.2.